The minimum atomic E-state index is 0.334. The van der Waals surface area contributed by atoms with Crippen LogP contribution >= 0.6 is 0 Å². The van der Waals surface area contributed by atoms with Crippen LogP contribution in [0.2, 0.25) is 0 Å². The molecule has 1 aliphatic heterocycles. The van der Waals surface area contributed by atoms with Crippen molar-refractivity contribution in [2.24, 2.45) is 0 Å². The number of anilines is 2. The smallest absolute Gasteiger partial charge is 0.222 e. The number of hydrogen-bond acceptors (Lipinski definition) is 6. The fraction of sp³-hybridized carbons (Fsp3) is 0.368. The maximum Gasteiger partial charge on any atom is 0.222 e. The minimum Gasteiger partial charge on any atom is -0.354 e. The van der Waals surface area contributed by atoms with Crippen LogP contribution in [0.4, 0.5) is 11.8 Å². The molecule has 0 spiro atoms. The highest BCUT2D eigenvalue weighted by atomic mass is 15.3. The van der Waals surface area contributed by atoms with Crippen LogP contribution in [0.5, 0.6) is 0 Å². The Morgan fingerprint density at radius 2 is 1.80 bits per heavy atom. The first-order valence-corrected chi connectivity index (χ1v) is 8.90. The SMILES string of the molecule is c1ccc2c(N3CCC(Nc4ncc(C5CC5)cn4)C3)ncnc2c1. The number of rotatable bonds is 4. The van der Waals surface area contributed by atoms with Gasteiger partial charge in [0, 0.05) is 36.9 Å². The molecule has 25 heavy (non-hydrogen) atoms. The Balaban J connectivity index is 1.30. The summed E-state index contributed by atoms with van der Waals surface area (Å²) in [7, 11) is 0. The van der Waals surface area contributed by atoms with Gasteiger partial charge in [0.25, 0.3) is 0 Å². The van der Waals surface area contributed by atoms with Crippen molar-refractivity contribution < 1.29 is 0 Å². The van der Waals surface area contributed by atoms with E-state index >= 15 is 0 Å². The van der Waals surface area contributed by atoms with Gasteiger partial charge in [-0.1, -0.05) is 12.1 Å². The number of nitrogens with zero attached hydrogens (tertiary/aromatic N) is 5. The number of aromatic nitrogens is 4. The van der Waals surface area contributed by atoms with Crippen molar-refractivity contribution in [3.63, 3.8) is 0 Å². The molecule has 1 saturated carbocycles. The van der Waals surface area contributed by atoms with Gasteiger partial charge in [-0.3, -0.25) is 0 Å². The summed E-state index contributed by atoms with van der Waals surface area (Å²) in [4.78, 5) is 20.2. The van der Waals surface area contributed by atoms with Crippen LogP contribution in [0.3, 0.4) is 0 Å². The predicted octanol–water partition coefficient (Wildman–Crippen LogP) is 2.99. The van der Waals surface area contributed by atoms with Crippen molar-refractivity contribution in [3.8, 4) is 0 Å². The zero-order chi connectivity index (χ0) is 16.6. The molecule has 126 valence electrons. The van der Waals surface area contributed by atoms with Gasteiger partial charge in [0.05, 0.1) is 5.52 Å². The van der Waals surface area contributed by atoms with Crippen LogP contribution in [-0.4, -0.2) is 39.1 Å². The molecule has 3 heterocycles. The normalized spacial score (nSPS) is 20.2. The summed E-state index contributed by atoms with van der Waals surface area (Å²) in [5.74, 6) is 2.44. The van der Waals surface area contributed by atoms with E-state index < -0.39 is 0 Å². The summed E-state index contributed by atoms with van der Waals surface area (Å²) in [5.41, 5.74) is 2.26. The third-order valence-electron chi connectivity index (χ3n) is 5.06. The Kier molecular flexibility index (Phi) is 3.47. The van der Waals surface area contributed by atoms with Gasteiger partial charge in [-0.25, -0.2) is 19.9 Å². The summed E-state index contributed by atoms with van der Waals surface area (Å²) in [6, 6.07) is 8.50. The van der Waals surface area contributed by atoms with Crippen LogP contribution in [0.25, 0.3) is 10.9 Å². The highest BCUT2D eigenvalue weighted by Crippen LogP contribution is 2.39. The van der Waals surface area contributed by atoms with Crippen LogP contribution < -0.4 is 10.2 Å². The maximum absolute atomic E-state index is 4.52. The van der Waals surface area contributed by atoms with Gasteiger partial charge in [-0.2, -0.15) is 0 Å². The lowest BCUT2D eigenvalue weighted by atomic mass is 10.2. The first-order chi connectivity index (χ1) is 12.4. The maximum atomic E-state index is 4.52. The third kappa shape index (κ3) is 2.88. The number of nitrogens with one attached hydrogen (secondary N) is 1. The number of hydrogen-bond donors (Lipinski definition) is 1. The standard InChI is InChI=1S/C19H20N6/c1-2-4-17-16(3-1)18(23-12-22-17)25-8-7-15(11-25)24-19-20-9-14(10-21-19)13-5-6-13/h1-4,9-10,12-13,15H,5-8,11H2,(H,20,21,24). The zero-order valence-electron chi connectivity index (χ0n) is 14.0. The molecule has 3 aromatic rings. The molecule has 1 atom stereocenters. The van der Waals surface area contributed by atoms with Crippen molar-refractivity contribution in [2.75, 3.05) is 23.3 Å². The Bertz CT molecular complexity index is 885. The van der Waals surface area contributed by atoms with Crippen molar-refractivity contribution in [2.45, 2.75) is 31.2 Å². The van der Waals surface area contributed by atoms with Gasteiger partial charge < -0.3 is 10.2 Å². The Morgan fingerprint density at radius 1 is 0.960 bits per heavy atom. The van der Waals surface area contributed by atoms with Crippen LogP contribution in [-0.2, 0) is 0 Å². The molecule has 6 heteroatoms. The molecule has 0 amide bonds. The van der Waals surface area contributed by atoms with Crippen LogP contribution in [0.15, 0.2) is 43.0 Å². The largest absolute Gasteiger partial charge is 0.354 e. The highest BCUT2D eigenvalue weighted by molar-refractivity contribution is 5.89. The number of benzene rings is 1. The molecular formula is C19H20N6. The summed E-state index contributed by atoms with van der Waals surface area (Å²) in [6.07, 6.45) is 9.20. The molecule has 2 fully saturated rings. The van der Waals surface area contributed by atoms with Gasteiger partial charge in [0.2, 0.25) is 5.95 Å². The van der Waals surface area contributed by atoms with Crippen LogP contribution in [0.1, 0.15) is 30.7 Å². The molecular weight excluding hydrogens is 312 g/mol. The van der Waals surface area contributed by atoms with E-state index in [0.29, 0.717) is 12.0 Å². The Morgan fingerprint density at radius 3 is 2.64 bits per heavy atom. The fourth-order valence-electron chi connectivity index (χ4n) is 3.54. The number of para-hydroxylation sites is 1. The topological polar surface area (TPSA) is 66.8 Å². The number of fused-ring (bicyclic) bond motifs is 1. The molecule has 1 aromatic carbocycles. The lowest BCUT2D eigenvalue weighted by Crippen LogP contribution is -2.27. The van der Waals surface area contributed by atoms with Crippen molar-refractivity contribution in [1.29, 1.82) is 0 Å². The summed E-state index contributed by atoms with van der Waals surface area (Å²) >= 11 is 0. The first kappa shape index (κ1) is 14.6. The molecule has 1 saturated heterocycles. The lowest BCUT2D eigenvalue weighted by molar-refractivity contribution is 0.790. The quantitative estimate of drug-likeness (QED) is 0.792. The van der Waals surface area contributed by atoms with E-state index in [4.69, 9.17) is 0 Å². The molecule has 0 radical (unpaired) electrons. The van der Waals surface area contributed by atoms with E-state index in [1.54, 1.807) is 6.33 Å². The van der Waals surface area contributed by atoms with E-state index in [2.05, 4.69) is 36.2 Å². The van der Waals surface area contributed by atoms with E-state index in [0.717, 1.165) is 42.2 Å². The average Bonchev–Trinajstić information content (AvgIpc) is 3.41. The molecule has 2 aromatic heterocycles. The first-order valence-electron chi connectivity index (χ1n) is 8.90. The molecule has 5 rings (SSSR count). The second-order valence-electron chi connectivity index (χ2n) is 6.90. The molecule has 1 aliphatic carbocycles. The van der Waals surface area contributed by atoms with E-state index in [1.165, 1.54) is 18.4 Å². The van der Waals surface area contributed by atoms with E-state index in [-0.39, 0.29) is 0 Å². The molecule has 6 nitrogen and oxygen atoms in total. The Labute approximate surface area is 146 Å². The average molecular weight is 332 g/mol. The van der Waals surface area contributed by atoms with Gasteiger partial charge in [0.1, 0.15) is 12.1 Å². The van der Waals surface area contributed by atoms with Crippen LogP contribution in [0, 0.1) is 0 Å². The lowest BCUT2D eigenvalue weighted by Gasteiger charge is -2.19. The van der Waals surface area contributed by atoms with E-state index in [1.807, 2.05) is 30.6 Å². The minimum absolute atomic E-state index is 0.334. The van der Waals surface area contributed by atoms with Gasteiger partial charge in [0.15, 0.2) is 0 Å². The zero-order valence-corrected chi connectivity index (χ0v) is 14.0. The monoisotopic (exact) mass is 332 g/mol. The van der Waals surface area contributed by atoms with Crippen molar-refractivity contribution in [1.82, 2.24) is 19.9 Å². The molecule has 1 N–H and O–H groups in total. The summed E-state index contributed by atoms with van der Waals surface area (Å²) < 4.78 is 0. The fourth-order valence-corrected chi connectivity index (χ4v) is 3.54. The predicted molar refractivity (Wildman–Crippen MR) is 97.8 cm³/mol. The second-order valence-corrected chi connectivity index (χ2v) is 6.90. The van der Waals surface area contributed by atoms with E-state index in [9.17, 15) is 0 Å². The second kappa shape index (κ2) is 5.95. The third-order valence-corrected chi connectivity index (χ3v) is 5.06. The molecule has 2 aliphatic rings. The summed E-state index contributed by atoms with van der Waals surface area (Å²) in [6.45, 7) is 1.87. The van der Waals surface area contributed by atoms with Crippen molar-refractivity contribution in [3.05, 3.63) is 48.5 Å². The van der Waals surface area contributed by atoms with Gasteiger partial charge in [-0.15, -0.1) is 0 Å². The summed E-state index contributed by atoms with van der Waals surface area (Å²) in [5, 5.41) is 4.58. The van der Waals surface area contributed by atoms with Gasteiger partial charge >= 0.3 is 0 Å². The Hall–Kier alpha value is -2.76. The molecule has 1 unspecified atom stereocenters. The highest BCUT2D eigenvalue weighted by Gasteiger charge is 2.26. The van der Waals surface area contributed by atoms with Crippen molar-refractivity contribution >= 4 is 22.7 Å². The molecule has 0 bridgehead atoms. The van der Waals surface area contributed by atoms with Gasteiger partial charge in [-0.05, 0) is 42.9 Å².